The van der Waals surface area contributed by atoms with Gasteiger partial charge in [-0.2, -0.15) is 0 Å². The van der Waals surface area contributed by atoms with Gasteiger partial charge in [-0.15, -0.1) is 15.7 Å². The largest absolute Gasteiger partial charge is 0.385 e. The third-order valence-electron chi connectivity index (χ3n) is 4.09. The van der Waals surface area contributed by atoms with Gasteiger partial charge in [0.15, 0.2) is 4.34 Å². The van der Waals surface area contributed by atoms with Crippen LogP contribution in [0.3, 0.4) is 0 Å². The first-order valence-electron chi connectivity index (χ1n) is 8.93. The van der Waals surface area contributed by atoms with Crippen LogP contribution in [0.25, 0.3) is 0 Å². The van der Waals surface area contributed by atoms with E-state index in [2.05, 4.69) is 14.7 Å². The minimum absolute atomic E-state index is 0.0212. The molecule has 28 heavy (non-hydrogen) atoms. The quantitative estimate of drug-likeness (QED) is 0.625. The van der Waals surface area contributed by atoms with Gasteiger partial charge >= 0.3 is 6.03 Å². The van der Waals surface area contributed by atoms with Crippen LogP contribution in [0.2, 0.25) is 0 Å². The van der Waals surface area contributed by atoms with Crippen molar-refractivity contribution in [2.75, 3.05) is 5.32 Å². The van der Waals surface area contributed by atoms with Gasteiger partial charge in [-0.3, -0.25) is 5.14 Å². The minimum atomic E-state index is -1.25. The second-order valence-corrected chi connectivity index (χ2v) is 10.1. The number of carbonyl (C=O) groups excluding carboxylic acids is 1. The molecule has 1 atom stereocenters. The third-order valence-corrected chi connectivity index (χ3v) is 6.78. The Balaban J connectivity index is 2.34. The van der Waals surface area contributed by atoms with Gasteiger partial charge in [-0.25, -0.2) is 14.2 Å². The maximum absolute atomic E-state index is 14.0. The number of thiazole rings is 1. The molecule has 0 fully saturated rings. The highest BCUT2D eigenvalue weighted by Crippen LogP contribution is 2.34. The van der Waals surface area contributed by atoms with Crippen molar-refractivity contribution in [2.45, 2.75) is 63.3 Å². The SMILES string of the molecule is CC(C)c1cc(F)cc(C(C)C)c1NC(=O)/N=S(\N)c1ncc(C(C)(C)O)s1. The molecule has 2 rings (SSSR count). The number of aliphatic hydroxyl groups is 1. The number of carbonyl (C=O) groups is 1. The predicted molar refractivity (Wildman–Crippen MR) is 113 cm³/mol. The number of hydrogen-bond donors (Lipinski definition) is 3. The van der Waals surface area contributed by atoms with Crippen molar-refractivity contribution >= 4 is 33.9 Å². The molecule has 1 aromatic carbocycles. The Labute approximate surface area is 171 Å². The second-order valence-electron chi connectivity index (χ2n) is 7.65. The summed E-state index contributed by atoms with van der Waals surface area (Å²) in [6.07, 6.45) is 1.54. The number of aromatic nitrogens is 1. The lowest BCUT2D eigenvalue weighted by Gasteiger charge is -2.19. The van der Waals surface area contributed by atoms with E-state index in [4.69, 9.17) is 5.14 Å². The molecule has 0 aliphatic rings. The number of nitrogens with zero attached hydrogens (tertiary/aromatic N) is 2. The number of rotatable bonds is 5. The van der Waals surface area contributed by atoms with Crippen LogP contribution >= 0.6 is 11.3 Å². The van der Waals surface area contributed by atoms with Crippen LogP contribution < -0.4 is 10.5 Å². The fraction of sp³-hybridized carbons (Fsp3) is 0.474. The molecule has 1 unspecified atom stereocenters. The molecule has 1 aromatic heterocycles. The van der Waals surface area contributed by atoms with E-state index in [0.29, 0.717) is 26.0 Å². The summed E-state index contributed by atoms with van der Waals surface area (Å²) >= 11 is 1.22. The lowest BCUT2D eigenvalue weighted by Crippen LogP contribution is -2.15. The molecule has 2 amide bonds. The van der Waals surface area contributed by atoms with Crippen LogP contribution in [0.4, 0.5) is 14.9 Å². The zero-order chi connectivity index (χ0) is 21.2. The molecule has 4 N–H and O–H groups in total. The summed E-state index contributed by atoms with van der Waals surface area (Å²) in [5.41, 5.74) is 0.966. The fourth-order valence-electron chi connectivity index (χ4n) is 2.60. The number of benzene rings is 1. The first-order chi connectivity index (χ1) is 12.9. The standard InChI is InChI=1S/C19H27FN4O2S2/c1-10(2)13-7-12(20)8-14(11(3)4)16(13)23-17(25)24-28(21)18-22-9-15(27-18)19(5,6)26/h7-11,26H,1-6H3,(H3,21,23,24,25). The van der Waals surface area contributed by atoms with Crippen LogP contribution in [-0.2, 0) is 16.5 Å². The summed E-state index contributed by atoms with van der Waals surface area (Å²) in [6.45, 7) is 11.1. The molecule has 0 spiro atoms. The van der Waals surface area contributed by atoms with Crippen molar-refractivity contribution < 1.29 is 14.3 Å². The van der Waals surface area contributed by atoms with E-state index in [1.807, 2.05) is 27.7 Å². The van der Waals surface area contributed by atoms with Crippen LogP contribution in [0, 0.1) is 5.82 Å². The number of amides is 2. The first-order valence-corrected chi connectivity index (χ1v) is 11.0. The molecule has 154 valence electrons. The van der Waals surface area contributed by atoms with E-state index >= 15 is 0 Å². The Bertz CT molecular complexity index is 873. The second kappa shape index (κ2) is 8.77. The molecular weight excluding hydrogens is 399 g/mol. The third kappa shape index (κ3) is 5.44. The van der Waals surface area contributed by atoms with Crippen molar-refractivity contribution in [1.82, 2.24) is 4.98 Å². The van der Waals surface area contributed by atoms with Crippen molar-refractivity contribution in [3.63, 3.8) is 0 Å². The smallest absolute Gasteiger partial charge is 0.352 e. The Morgan fingerprint density at radius 1 is 1.29 bits per heavy atom. The monoisotopic (exact) mass is 426 g/mol. The topological polar surface area (TPSA) is 101 Å². The molecule has 0 bridgehead atoms. The van der Waals surface area contributed by atoms with E-state index in [0.717, 1.165) is 0 Å². The Morgan fingerprint density at radius 2 is 1.82 bits per heavy atom. The van der Waals surface area contributed by atoms with E-state index in [-0.39, 0.29) is 17.7 Å². The first kappa shape index (κ1) is 22.6. The summed E-state index contributed by atoms with van der Waals surface area (Å²) in [4.78, 5) is 17.3. The van der Waals surface area contributed by atoms with Crippen molar-refractivity contribution in [3.8, 4) is 0 Å². The predicted octanol–water partition coefficient (Wildman–Crippen LogP) is 5.02. The summed E-state index contributed by atoms with van der Waals surface area (Å²) in [5, 5.41) is 18.9. The van der Waals surface area contributed by atoms with Crippen molar-refractivity contribution in [1.29, 1.82) is 0 Å². The van der Waals surface area contributed by atoms with Crippen LogP contribution in [0.1, 0.15) is 69.4 Å². The number of halogens is 1. The molecule has 0 saturated heterocycles. The molecular formula is C19H27FN4O2S2. The van der Waals surface area contributed by atoms with Gasteiger partial charge in [-0.1, -0.05) is 27.7 Å². The molecule has 1 heterocycles. The van der Waals surface area contributed by atoms with Crippen molar-refractivity contribution in [2.24, 2.45) is 9.50 Å². The zero-order valence-electron chi connectivity index (χ0n) is 16.9. The highest BCUT2D eigenvalue weighted by molar-refractivity contribution is 7.87. The molecule has 6 nitrogen and oxygen atoms in total. The van der Waals surface area contributed by atoms with E-state index in [1.165, 1.54) is 29.7 Å². The number of nitrogens with one attached hydrogen (secondary N) is 1. The van der Waals surface area contributed by atoms with Gasteiger partial charge in [0.1, 0.15) is 5.82 Å². The molecule has 0 aliphatic carbocycles. The van der Waals surface area contributed by atoms with Gasteiger partial charge in [0.05, 0.1) is 10.5 Å². The molecule has 9 heteroatoms. The Morgan fingerprint density at radius 3 is 2.25 bits per heavy atom. The Hall–Kier alpha value is -1.68. The highest BCUT2D eigenvalue weighted by atomic mass is 32.2. The summed E-state index contributed by atoms with van der Waals surface area (Å²) < 4.78 is 18.5. The summed E-state index contributed by atoms with van der Waals surface area (Å²) in [7, 11) is -1.25. The average molecular weight is 427 g/mol. The zero-order valence-corrected chi connectivity index (χ0v) is 18.5. The maximum atomic E-state index is 14.0. The average Bonchev–Trinajstić information content (AvgIpc) is 3.06. The minimum Gasteiger partial charge on any atom is -0.385 e. The fourth-order valence-corrected chi connectivity index (χ4v) is 4.44. The lowest BCUT2D eigenvalue weighted by molar-refractivity contribution is 0.0823. The van der Waals surface area contributed by atoms with Gasteiger partial charge in [0.25, 0.3) is 0 Å². The highest BCUT2D eigenvalue weighted by Gasteiger charge is 2.21. The van der Waals surface area contributed by atoms with E-state index in [9.17, 15) is 14.3 Å². The molecule has 0 radical (unpaired) electrons. The normalized spacial score (nSPS) is 13.4. The number of urea groups is 1. The van der Waals surface area contributed by atoms with Crippen LogP contribution in [-0.4, -0.2) is 16.1 Å². The number of hydrogen-bond acceptors (Lipinski definition) is 4. The molecule has 2 aromatic rings. The van der Waals surface area contributed by atoms with Gasteiger partial charge in [0, 0.05) is 22.8 Å². The van der Waals surface area contributed by atoms with Crippen LogP contribution in [0.15, 0.2) is 27.0 Å². The lowest BCUT2D eigenvalue weighted by atomic mass is 9.92. The summed E-state index contributed by atoms with van der Waals surface area (Å²) in [5.74, 6) is -0.288. The molecule has 0 aliphatic heterocycles. The van der Waals surface area contributed by atoms with Crippen molar-refractivity contribution in [3.05, 3.63) is 40.2 Å². The summed E-state index contributed by atoms with van der Waals surface area (Å²) in [6, 6.07) is 2.26. The molecule has 0 saturated carbocycles. The number of nitrogens with two attached hydrogens (primary N) is 1. The van der Waals surface area contributed by atoms with Crippen LogP contribution in [0.5, 0.6) is 0 Å². The maximum Gasteiger partial charge on any atom is 0.352 e. The van der Waals surface area contributed by atoms with E-state index in [1.54, 1.807) is 13.8 Å². The number of anilines is 1. The Kier molecular flexibility index (Phi) is 7.08. The van der Waals surface area contributed by atoms with Gasteiger partial charge < -0.3 is 10.4 Å². The van der Waals surface area contributed by atoms with Gasteiger partial charge in [0.2, 0.25) is 0 Å². The van der Waals surface area contributed by atoms with Gasteiger partial charge in [-0.05, 0) is 48.9 Å². The van der Waals surface area contributed by atoms with E-state index < -0.39 is 22.5 Å².